The van der Waals surface area contributed by atoms with Crippen LogP contribution in [0.15, 0.2) is 41.2 Å². The molecule has 2 nitrogen and oxygen atoms in total. The molecule has 2 aromatic rings. The average molecular weight is 205 g/mol. The summed E-state index contributed by atoms with van der Waals surface area (Å²) in [5, 5.41) is 0. The van der Waals surface area contributed by atoms with E-state index in [0.29, 0.717) is 5.56 Å². The maximum atomic E-state index is 13.5. The molecule has 1 aromatic carbocycles. The van der Waals surface area contributed by atoms with E-state index in [9.17, 15) is 4.39 Å². The summed E-state index contributed by atoms with van der Waals surface area (Å²) in [6.45, 7) is 1.91. The normalized spacial score (nSPS) is 12.7. The zero-order chi connectivity index (χ0) is 10.8. The minimum atomic E-state index is -0.469. The Hall–Kier alpha value is -1.61. The summed E-state index contributed by atoms with van der Waals surface area (Å²) >= 11 is 0. The van der Waals surface area contributed by atoms with Crippen LogP contribution in [0, 0.1) is 12.7 Å². The van der Waals surface area contributed by atoms with Crippen molar-refractivity contribution in [2.24, 2.45) is 5.73 Å². The van der Waals surface area contributed by atoms with Crippen molar-refractivity contribution in [3.8, 4) is 0 Å². The second-order valence-electron chi connectivity index (χ2n) is 3.56. The van der Waals surface area contributed by atoms with Crippen LogP contribution < -0.4 is 5.73 Å². The molecule has 78 valence electrons. The minimum Gasteiger partial charge on any atom is -0.472 e. The van der Waals surface area contributed by atoms with Gasteiger partial charge in [-0.15, -0.1) is 0 Å². The van der Waals surface area contributed by atoms with Gasteiger partial charge in [0.2, 0.25) is 0 Å². The molecule has 0 bridgehead atoms. The van der Waals surface area contributed by atoms with Gasteiger partial charge in [0, 0.05) is 11.1 Å². The van der Waals surface area contributed by atoms with E-state index in [1.807, 2.05) is 6.92 Å². The molecule has 0 aliphatic heterocycles. The molecule has 2 N–H and O–H groups in total. The number of nitrogens with two attached hydrogens (primary N) is 1. The average Bonchev–Trinajstić information content (AvgIpc) is 2.74. The van der Waals surface area contributed by atoms with Gasteiger partial charge in [-0.3, -0.25) is 0 Å². The summed E-state index contributed by atoms with van der Waals surface area (Å²) < 4.78 is 18.4. The lowest BCUT2D eigenvalue weighted by Gasteiger charge is -2.11. The van der Waals surface area contributed by atoms with Crippen molar-refractivity contribution in [1.29, 1.82) is 0 Å². The number of rotatable bonds is 2. The van der Waals surface area contributed by atoms with Crippen LogP contribution in [0.1, 0.15) is 22.7 Å². The largest absolute Gasteiger partial charge is 0.472 e. The van der Waals surface area contributed by atoms with Crippen molar-refractivity contribution >= 4 is 0 Å². The van der Waals surface area contributed by atoms with Crippen molar-refractivity contribution in [2.45, 2.75) is 13.0 Å². The standard InChI is InChI=1S/C12H12FNO/c1-8-2-3-11(13)10(6-8)12(14)9-4-5-15-7-9/h2-7,12H,14H2,1H3. The molecule has 2 rings (SSSR count). The minimum absolute atomic E-state index is 0.283. The third-order valence-corrected chi connectivity index (χ3v) is 2.39. The van der Waals surface area contributed by atoms with Crippen molar-refractivity contribution in [1.82, 2.24) is 0 Å². The highest BCUT2D eigenvalue weighted by molar-refractivity contribution is 5.32. The number of halogens is 1. The number of furan rings is 1. The predicted octanol–water partition coefficient (Wildman–Crippen LogP) is 2.78. The highest BCUT2D eigenvalue weighted by Crippen LogP contribution is 2.23. The Kier molecular flexibility index (Phi) is 2.56. The van der Waals surface area contributed by atoms with E-state index in [1.165, 1.54) is 18.6 Å². The summed E-state index contributed by atoms with van der Waals surface area (Å²) in [6, 6.07) is 6.19. The summed E-state index contributed by atoms with van der Waals surface area (Å²) in [4.78, 5) is 0. The maximum absolute atomic E-state index is 13.5. The molecule has 0 spiro atoms. The van der Waals surface area contributed by atoms with E-state index in [4.69, 9.17) is 10.2 Å². The molecule has 0 saturated carbocycles. The molecular weight excluding hydrogens is 193 g/mol. The van der Waals surface area contributed by atoms with Gasteiger partial charge in [0.15, 0.2) is 0 Å². The molecule has 0 aliphatic rings. The Labute approximate surface area is 87.5 Å². The number of aryl methyl sites for hydroxylation is 1. The summed E-state index contributed by atoms with van der Waals surface area (Å²) in [5.74, 6) is -0.283. The van der Waals surface area contributed by atoms with Gasteiger partial charge in [0.05, 0.1) is 18.6 Å². The monoisotopic (exact) mass is 205 g/mol. The third kappa shape index (κ3) is 1.92. The molecule has 3 heteroatoms. The topological polar surface area (TPSA) is 39.2 Å². The van der Waals surface area contributed by atoms with Gasteiger partial charge in [-0.05, 0) is 19.1 Å². The van der Waals surface area contributed by atoms with E-state index >= 15 is 0 Å². The first kappa shape index (κ1) is 9.93. The zero-order valence-corrected chi connectivity index (χ0v) is 8.41. The predicted molar refractivity (Wildman–Crippen MR) is 55.9 cm³/mol. The Morgan fingerprint density at radius 2 is 2.13 bits per heavy atom. The Bertz CT molecular complexity index is 451. The van der Waals surface area contributed by atoms with Crippen molar-refractivity contribution in [3.63, 3.8) is 0 Å². The molecule has 1 atom stereocenters. The second-order valence-corrected chi connectivity index (χ2v) is 3.56. The van der Waals surface area contributed by atoms with Gasteiger partial charge in [-0.1, -0.05) is 17.7 Å². The van der Waals surface area contributed by atoms with Crippen LogP contribution >= 0.6 is 0 Å². The van der Waals surface area contributed by atoms with E-state index in [1.54, 1.807) is 18.2 Å². The number of hydrogen-bond donors (Lipinski definition) is 1. The summed E-state index contributed by atoms with van der Waals surface area (Å²) in [5.41, 5.74) is 8.20. The number of hydrogen-bond acceptors (Lipinski definition) is 2. The molecule has 0 amide bonds. The highest BCUT2D eigenvalue weighted by Gasteiger charge is 2.14. The van der Waals surface area contributed by atoms with Crippen molar-refractivity contribution in [2.75, 3.05) is 0 Å². The van der Waals surface area contributed by atoms with Gasteiger partial charge in [0.25, 0.3) is 0 Å². The molecule has 1 heterocycles. The lowest BCUT2D eigenvalue weighted by atomic mass is 10.00. The molecule has 0 saturated heterocycles. The Morgan fingerprint density at radius 3 is 2.80 bits per heavy atom. The highest BCUT2D eigenvalue weighted by atomic mass is 19.1. The smallest absolute Gasteiger partial charge is 0.128 e. The Balaban J connectivity index is 2.41. The quantitative estimate of drug-likeness (QED) is 0.818. The second kappa shape index (κ2) is 3.87. The first-order valence-electron chi connectivity index (χ1n) is 4.72. The molecule has 1 unspecified atom stereocenters. The molecule has 0 radical (unpaired) electrons. The molecule has 15 heavy (non-hydrogen) atoms. The van der Waals surface area contributed by atoms with Gasteiger partial charge in [-0.2, -0.15) is 0 Å². The molecule has 0 fully saturated rings. The van der Waals surface area contributed by atoms with Crippen LogP contribution in [0.25, 0.3) is 0 Å². The van der Waals surface area contributed by atoms with Crippen LogP contribution in [-0.4, -0.2) is 0 Å². The van der Waals surface area contributed by atoms with Crippen LogP contribution in [0.5, 0.6) is 0 Å². The van der Waals surface area contributed by atoms with Gasteiger partial charge < -0.3 is 10.2 Å². The van der Waals surface area contributed by atoms with Crippen molar-refractivity contribution in [3.05, 3.63) is 59.3 Å². The molecular formula is C12H12FNO. The van der Waals surface area contributed by atoms with Gasteiger partial charge >= 0.3 is 0 Å². The van der Waals surface area contributed by atoms with E-state index < -0.39 is 6.04 Å². The van der Waals surface area contributed by atoms with E-state index in [2.05, 4.69) is 0 Å². The van der Waals surface area contributed by atoms with Crippen LogP contribution in [-0.2, 0) is 0 Å². The van der Waals surface area contributed by atoms with Crippen LogP contribution in [0.3, 0.4) is 0 Å². The first-order valence-corrected chi connectivity index (χ1v) is 4.72. The van der Waals surface area contributed by atoms with Gasteiger partial charge in [0.1, 0.15) is 5.82 Å². The lowest BCUT2D eigenvalue weighted by Crippen LogP contribution is -2.12. The van der Waals surface area contributed by atoms with Crippen molar-refractivity contribution < 1.29 is 8.81 Å². The zero-order valence-electron chi connectivity index (χ0n) is 8.41. The van der Waals surface area contributed by atoms with Crippen LogP contribution in [0.4, 0.5) is 4.39 Å². The fourth-order valence-corrected chi connectivity index (χ4v) is 1.53. The summed E-state index contributed by atoms with van der Waals surface area (Å²) in [7, 11) is 0. The fraction of sp³-hybridized carbons (Fsp3) is 0.167. The molecule has 0 aliphatic carbocycles. The first-order chi connectivity index (χ1) is 7.18. The molecule has 1 aromatic heterocycles. The van der Waals surface area contributed by atoms with E-state index in [-0.39, 0.29) is 5.82 Å². The van der Waals surface area contributed by atoms with Gasteiger partial charge in [-0.25, -0.2) is 4.39 Å². The third-order valence-electron chi connectivity index (χ3n) is 2.39. The maximum Gasteiger partial charge on any atom is 0.128 e. The lowest BCUT2D eigenvalue weighted by molar-refractivity contribution is 0.559. The SMILES string of the molecule is Cc1ccc(F)c(C(N)c2ccoc2)c1. The summed E-state index contributed by atoms with van der Waals surface area (Å²) in [6.07, 6.45) is 3.06. The van der Waals surface area contributed by atoms with Crippen LogP contribution in [0.2, 0.25) is 0 Å². The van der Waals surface area contributed by atoms with E-state index in [0.717, 1.165) is 11.1 Å². The fourth-order valence-electron chi connectivity index (χ4n) is 1.53. The number of benzene rings is 1. The Morgan fingerprint density at radius 1 is 1.33 bits per heavy atom.